The molecule has 1 aliphatic rings. The average molecular weight is 424 g/mol. The molecular formula is C21H22FN6OP. The van der Waals surface area contributed by atoms with Gasteiger partial charge in [-0.25, -0.2) is 14.4 Å². The van der Waals surface area contributed by atoms with Gasteiger partial charge in [0.25, 0.3) is 0 Å². The third kappa shape index (κ3) is 4.76. The molecule has 1 aromatic carbocycles. The van der Waals surface area contributed by atoms with E-state index in [1.54, 1.807) is 25.4 Å². The van der Waals surface area contributed by atoms with Crippen molar-refractivity contribution in [3.8, 4) is 11.3 Å². The van der Waals surface area contributed by atoms with Crippen LogP contribution in [0.25, 0.3) is 11.3 Å². The summed E-state index contributed by atoms with van der Waals surface area (Å²) in [5.74, 6) is 0.965. The summed E-state index contributed by atoms with van der Waals surface area (Å²) >= 11 is 0. The molecule has 2 unspecified atom stereocenters. The first-order chi connectivity index (χ1) is 14.5. The highest BCUT2D eigenvalue weighted by molar-refractivity contribution is 7.27. The van der Waals surface area contributed by atoms with Crippen LogP contribution in [0.5, 0.6) is 0 Å². The van der Waals surface area contributed by atoms with E-state index in [0.717, 1.165) is 30.3 Å². The van der Waals surface area contributed by atoms with Gasteiger partial charge in [0.15, 0.2) is 0 Å². The lowest BCUT2D eigenvalue weighted by Crippen LogP contribution is -2.38. The largest absolute Gasteiger partial charge is 0.342 e. The Labute approximate surface area is 176 Å². The van der Waals surface area contributed by atoms with Gasteiger partial charge in [0.1, 0.15) is 17.5 Å². The molecule has 1 amide bonds. The zero-order valence-electron chi connectivity index (χ0n) is 16.5. The number of piperidine rings is 1. The van der Waals surface area contributed by atoms with Gasteiger partial charge in [-0.05, 0) is 42.4 Å². The third-order valence-electron chi connectivity index (χ3n) is 5.05. The van der Waals surface area contributed by atoms with Crippen molar-refractivity contribution in [2.75, 3.05) is 18.4 Å². The van der Waals surface area contributed by atoms with Gasteiger partial charge >= 0.3 is 0 Å². The number of hydrogen-bond acceptors (Lipinski definition) is 6. The number of rotatable bonds is 4. The SMILES string of the molecule is CC(=O)N1CCCC(c2nc(Nc3cc(F)cc(P)c3)cc(-c3ccnnc3)n2)C1. The lowest BCUT2D eigenvalue weighted by molar-refractivity contribution is -0.130. The van der Waals surface area contributed by atoms with Crippen molar-refractivity contribution in [2.45, 2.75) is 25.7 Å². The third-order valence-corrected chi connectivity index (χ3v) is 5.38. The second-order valence-corrected chi connectivity index (χ2v) is 8.00. The van der Waals surface area contributed by atoms with Crippen molar-refractivity contribution in [1.29, 1.82) is 0 Å². The molecule has 1 N–H and O–H groups in total. The normalized spacial score (nSPS) is 16.4. The van der Waals surface area contributed by atoms with Crippen molar-refractivity contribution in [1.82, 2.24) is 25.1 Å². The minimum atomic E-state index is -0.331. The Morgan fingerprint density at radius 2 is 2.10 bits per heavy atom. The Balaban J connectivity index is 1.72. The quantitative estimate of drug-likeness (QED) is 0.649. The van der Waals surface area contributed by atoms with Crippen LogP contribution in [0.2, 0.25) is 0 Å². The van der Waals surface area contributed by atoms with E-state index in [0.29, 0.717) is 29.6 Å². The number of carbonyl (C=O) groups is 1. The molecule has 4 rings (SSSR count). The van der Waals surface area contributed by atoms with Crippen LogP contribution in [0.4, 0.5) is 15.9 Å². The lowest BCUT2D eigenvalue weighted by atomic mass is 9.97. The molecular weight excluding hydrogens is 402 g/mol. The van der Waals surface area contributed by atoms with Crippen molar-refractivity contribution in [3.05, 3.63) is 54.4 Å². The van der Waals surface area contributed by atoms with Crippen LogP contribution in [0.15, 0.2) is 42.7 Å². The summed E-state index contributed by atoms with van der Waals surface area (Å²) in [6.45, 7) is 2.92. The molecule has 0 saturated carbocycles. The number of halogens is 1. The molecule has 3 heterocycles. The van der Waals surface area contributed by atoms with Crippen LogP contribution in [0, 0.1) is 5.82 Å². The van der Waals surface area contributed by atoms with E-state index >= 15 is 0 Å². The standard InChI is InChI=1S/C21H22FN6OP/c1-13(29)28-6-2-3-15(12-28)21-26-19(14-4-5-23-24-11-14)10-20(27-21)25-17-7-16(22)8-18(30)9-17/h4-5,7-11,15H,2-3,6,12,30H2,1H3,(H,25,26,27). The first kappa shape index (κ1) is 20.3. The highest BCUT2D eigenvalue weighted by Crippen LogP contribution is 2.29. The number of aromatic nitrogens is 4. The molecule has 154 valence electrons. The van der Waals surface area contributed by atoms with Crippen LogP contribution in [-0.2, 0) is 4.79 Å². The van der Waals surface area contributed by atoms with Crippen molar-refractivity contribution in [3.63, 3.8) is 0 Å². The number of carbonyl (C=O) groups excluding carboxylic acids is 1. The number of nitrogens with zero attached hydrogens (tertiary/aromatic N) is 5. The van der Waals surface area contributed by atoms with Gasteiger partial charge in [-0.3, -0.25) is 4.79 Å². The number of nitrogens with one attached hydrogen (secondary N) is 1. The topological polar surface area (TPSA) is 83.9 Å². The first-order valence-electron chi connectivity index (χ1n) is 9.72. The maximum absolute atomic E-state index is 13.8. The summed E-state index contributed by atoms with van der Waals surface area (Å²) in [5.41, 5.74) is 2.10. The maximum atomic E-state index is 13.8. The van der Waals surface area contributed by atoms with Gasteiger partial charge < -0.3 is 10.2 Å². The second kappa shape index (κ2) is 8.79. The van der Waals surface area contributed by atoms with Crippen LogP contribution in [0.1, 0.15) is 31.5 Å². The van der Waals surface area contributed by atoms with Gasteiger partial charge in [-0.2, -0.15) is 10.2 Å². The number of likely N-dealkylation sites (tertiary alicyclic amines) is 1. The molecule has 9 heteroatoms. The fraction of sp³-hybridized carbons (Fsp3) is 0.286. The Morgan fingerprint density at radius 1 is 1.23 bits per heavy atom. The summed E-state index contributed by atoms with van der Waals surface area (Å²) in [5, 5.41) is 11.7. The molecule has 0 bridgehead atoms. The Hall–Kier alpha value is -2.99. The summed E-state index contributed by atoms with van der Waals surface area (Å²) in [4.78, 5) is 23.2. The fourth-order valence-electron chi connectivity index (χ4n) is 3.61. The van der Waals surface area contributed by atoms with E-state index in [4.69, 9.17) is 9.97 Å². The van der Waals surface area contributed by atoms with Crippen molar-refractivity contribution in [2.24, 2.45) is 0 Å². The van der Waals surface area contributed by atoms with Crippen LogP contribution < -0.4 is 10.6 Å². The lowest BCUT2D eigenvalue weighted by Gasteiger charge is -2.31. The molecule has 0 radical (unpaired) electrons. The van der Waals surface area contributed by atoms with E-state index in [-0.39, 0.29) is 17.6 Å². The maximum Gasteiger partial charge on any atom is 0.219 e. The molecule has 2 atom stereocenters. The summed E-state index contributed by atoms with van der Waals surface area (Å²) in [6.07, 6.45) is 5.05. The predicted molar refractivity (Wildman–Crippen MR) is 116 cm³/mol. The van der Waals surface area contributed by atoms with Gasteiger partial charge in [0.2, 0.25) is 5.91 Å². The molecule has 1 fully saturated rings. The zero-order valence-corrected chi connectivity index (χ0v) is 17.7. The minimum absolute atomic E-state index is 0.0303. The van der Waals surface area contributed by atoms with Crippen LogP contribution in [0.3, 0.4) is 0 Å². The Kier molecular flexibility index (Phi) is 5.95. The van der Waals surface area contributed by atoms with E-state index in [1.807, 2.05) is 17.0 Å². The van der Waals surface area contributed by atoms with Crippen molar-refractivity contribution >= 4 is 32.0 Å². The van der Waals surface area contributed by atoms with Gasteiger partial charge in [-0.15, -0.1) is 9.24 Å². The molecule has 2 aromatic heterocycles. The summed E-state index contributed by atoms with van der Waals surface area (Å²) in [6, 6.07) is 8.31. The summed E-state index contributed by atoms with van der Waals surface area (Å²) < 4.78 is 13.8. The number of amides is 1. The highest BCUT2D eigenvalue weighted by Gasteiger charge is 2.26. The average Bonchev–Trinajstić information content (AvgIpc) is 2.73. The molecule has 1 aliphatic heterocycles. The molecule has 0 aliphatic carbocycles. The number of hydrogen-bond donors (Lipinski definition) is 1. The van der Waals surface area contributed by atoms with Gasteiger partial charge in [0, 0.05) is 43.2 Å². The van der Waals surface area contributed by atoms with E-state index in [1.165, 1.54) is 12.1 Å². The number of benzene rings is 1. The molecule has 7 nitrogen and oxygen atoms in total. The molecule has 0 spiro atoms. The fourth-order valence-corrected chi connectivity index (χ4v) is 3.95. The first-order valence-corrected chi connectivity index (χ1v) is 10.3. The number of anilines is 2. The monoisotopic (exact) mass is 424 g/mol. The van der Waals surface area contributed by atoms with E-state index in [2.05, 4.69) is 24.8 Å². The smallest absolute Gasteiger partial charge is 0.219 e. The summed E-state index contributed by atoms with van der Waals surface area (Å²) in [7, 11) is 2.49. The predicted octanol–water partition coefficient (Wildman–Crippen LogP) is 3.04. The van der Waals surface area contributed by atoms with Crippen LogP contribution in [-0.4, -0.2) is 44.1 Å². The van der Waals surface area contributed by atoms with Gasteiger partial charge in [0.05, 0.1) is 18.1 Å². The van der Waals surface area contributed by atoms with Crippen molar-refractivity contribution < 1.29 is 9.18 Å². The minimum Gasteiger partial charge on any atom is -0.342 e. The highest BCUT2D eigenvalue weighted by atomic mass is 31.0. The van der Waals surface area contributed by atoms with E-state index in [9.17, 15) is 9.18 Å². The van der Waals surface area contributed by atoms with Crippen LogP contribution >= 0.6 is 9.24 Å². The Morgan fingerprint density at radius 3 is 2.83 bits per heavy atom. The second-order valence-electron chi connectivity index (χ2n) is 7.33. The molecule has 3 aromatic rings. The van der Waals surface area contributed by atoms with Gasteiger partial charge in [-0.1, -0.05) is 0 Å². The molecule has 30 heavy (non-hydrogen) atoms. The Bertz CT molecular complexity index is 1040. The van der Waals surface area contributed by atoms with E-state index < -0.39 is 0 Å². The zero-order chi connectivity index (χ0) is 21.1. The molecule has 1 saturated heterocycles.